The molecule has 1 aromatic rings. The SMILES string of the molecule is COCCNC(=O)CSc1nnc(C)n1C1CC1. The minimum Gasteiger partial charge on any atom is -0.383 e. The van der Waals surface area contributed by atoms with Gasteiger partial charge in [0.1, 0.15) is 5.82 Å². The summed E-state index contributed by atoms with van der Waals surface area (Å²) >= 11 is 1.44. The third kappa shape index (κ3) is 3.46. The number of nitrogens with one attached hydrogen (secondary N) is 1. The van der Waals surface area contributed by atoms with Gasteiger partial charge in [-0.2, -0.15) is 0 Å². The largest absolute Gasteiger partial charge is 0.383 e. The number of methoxy groups -OCH3 is 1. The number of hydrogen-bond acceptors (Lipinski definition) is 5. The van der Waals surface area contributed by atoms with Crippen molar-refractivity contribution in [3.05, 3.63) is 5.82 Å². The summed E-state index contributed by atoms with van der Waals surface area (Å²) in [6, 6.07) is 0.541. The third-order valence-corrected chi connectivity index (χ3v) is 3.65. The standard InChI is InChI=1S/C11H18N4O2S/c1-8-13-14-11(15(8)9-3-4-9)18-7-10(16)12-5-6-17-2/h9H,3-7H2,1-2H3,(H,12,16). The summed E-state index contributed by atoms with van der Waals surface area (Å²) in [5.74, 6) is 1.30. The molecule has 1 aliphatic carbocycles. The van der Waals surface area contributed by atoms with Crippen molar-refractivity contribution < 1.29 is 9.53 Å². The average Bonchev–Trinajstić information content (AvgIpc) is 3.11. The molecule has 1 aliphatic rings. The molecule has 0 bridgehead atoms. The van der Waals surface area contributed by atoms with Crippen LogP contribution >= 0.6 is 11.8 Å². The normalized spacial score (nSPS) is 14.8. The first kappa shape index (κ1) is 13.4. The van der Waals surface area contributed by atoms with Crippen LogP contribution in [0.2, 0.25) is 0 Å². The van der Waals surface area contributed by atoms with E-state index in [0.717, 1.165) is 11.0 Å². The summed E-state index contributed by atoms with van der Waals surface area (Å²) in [6.07, 6.45) is 2.37. The molecule has 0 aliphatic heterocycles. The highest BCUT2D eigenvalue weighted by atomic mass is 32.2. The second-order valence-electron chi connectivity index (χ2n) is 4.26. The maximum absolute atomic E-state index is 11.5. The van der Waals surface area contributed by atoms with E-state index in [1.165, 1.54) is 24.6 Å². The lowest BCUT2D eigenvalue weighted by Gasteiger charge is -2.06. The number of rotatable bonds is 7. The summed E-state index contributed by atoms with van der Waals surface area (Å²) in [5, 5.41) is 11.8. The Hall–Kier alpha value is -1.08. The fraction of sp³-hybridized carbons (Fsp3) is 0.727. The lowest BCUT2D eigenvalue weighted by atomic mass is 10.6. The van der Waals surface area contributed by atoms with E-state index in [2.05, 4.69) is 20.1 Å². The number of ether oxygens (including phenoxy) is 1. The minimum absolute atomic E-state index is 0.0000463. The Labute approximate surface area is 110 Å². The van der Waals surface area contributed by atoms with Gasteiger partial charge < -0.3 is 14.6 Å². The second-order valence-corrected chi connectivity index (χ2v) is 5.20. The number of carbonyl (C=O) groups is 1. The number of aromatic nitrogens is 3. The summed E-state index contributed by atoms with van der Waals surface area (Å²) in [4.78, 5) is 11.5. The molecule has 18 heavy (non-hydrogen) atoms. The lowest BCUT2D eigenvalue weighted by molar-refractivity contribution is -0.118. The van der Waals surface area contributed by atoms with Crippen molar-refractivity contribution in [3.63, 3.8) is 0 Å². The highest BCUT2D eigenvalue weighted by Crippen LogP contribution is 2.38. The summed E-state index contributed by atoms with van der Waals surface area (Å²) in [5.41, 5.74) is 0. The number of thioether (sulfide) groups is 1. The summed E-state index contributed by atoms with van der Waals surface area (Å²) in [7, 11) is 1.61. The molecule has 100 valence electrons. The predicted octanol–water partition coefficient (Wildman–Crippen LogP) is 0.776. The topological polar surface area (TPSA) is 69.0 Å². The van der Waals surface area contributed by atoms with Crippen molar-refractivity contribution in [3.8, 4) is 0 Å². The molecule has 0 atom stereocenters. The van der Waals surface area contributed by atoms with Gasteiger partial charge in [0.25, 0.3) is 0 Å². The number of hydrogen-bond donors (Lipinski definition) is 1. The average molecular weight is 270 g/mol. The fourth-order valence-corrected chi connectivity index (χ4v) is 2.56. The van der Waals surface area contributed by atoms with Crippen molar-refractivity contribution in [1.29, 1.82) is 0 Å². The fourth-order valence-electron chi connectivity index (χ4n) is 1.68. The molecule has 6 nitrogen and oxygen atoms in total. The Morgan fingerprint density at radius 2 is 2.33 bits per heavy atom. The van der Waals surface area contributed by atoms with Crippen molar-refractivity contribution in [1.82, 2.24) is 20.1 Å². The Balaban J connectivity index is 1.81. The quantitative estimate of drug-likeness (QED) is 0.585. The van der Waals surface area contributed by atoms with Crippen LogP contribution in [0.15, 0.2) is 5.16 Å². The van der Waals surface area contributed by atoms with Crippen LogP contribution in [0.4, 0.5) is 0 Å². The number of aryl methyl sites for hydroxylation is 1. The van der Waals surface area contributed by atoms with Gasteiger partial charge in [-0.3, -0.25) is 4.79 Å². The highest BCUT2D eigenvalue weighted by molar-refractivity contribution is 7.99. The lowest BCUT2D eigenvalue weighted by Crippen LogP contribution is -2.28. The second kappa shape index (κ2) is 6.19. The van der Waals surface area contributed by atoms with E-state index in [9.17, 15) is 4.79 Å². The number of carbonyl (C=O) groups excluding carboxylic acids is 1. The van der Waals surface area contributed by atoms with Gasteiger partial charge in [0.15, 0.2) is 5.16 Å². The van der Waals surface area contributed by atoms with Gasteiger partial charge in [0.2, 0.25) is 5.91 Å². The van der Waals surface area contributed by atoms with E-state index in [1.807, 2.05) is 6.92 Å². The number of amides is 1. The molecule has 7 heteroatoms. The molecule has 0 aromatic carbocycles. The molecule has 1 N–H and O–H groups in total. The van der Waals surface area contributed by atoms with Crippen LogP contribution in [0.3, 0.4) is 0 Å². The van der Waals surface area contributed by atoms with Gasteiger partial charge in [0.05, 0.1) is 12.4 Å². The third-order valence-electron chi connectivity index (χ3n) is 2.71. The first-order valence-electron chi connectivity index (χ1n) is 6.02. The zero-order valence-corrected chi connectivity index (χ0v) is 11.5. The van der Waals surface area contributed by atoms with E-state index in [4.69, 9.17) is 4.74 Å². The van der Waals surface area contributed by atoms with E-state index in [-0.39, 0.29) is 5.91 Å². The number of nitrogens with zero attached hydrogens (tertiary/aromatic N) is 3. The first-order chi connectivity index (χ1) is 8.72. The highest BCUT2D eigenvalue weighted by Gasteiger charge is 2.28. The molecule has 0 spiro atoms. The van der Waals surface area contributed by atoms with Crippen LogP contribution < -0.4 is 5.32 Å². The van der Waals surface area contributed by atoms with Gasteiger partial charge in [-0.1, -0.05) is 11.8 Å². The zero-order chi connectivity index (χ0) is 13.0. The van der Waals surface area contributed by atoms with E-state index in [1.54, 1.807) is 7.11 Å². The van der Waals surface area contributed by atoms with Gasteiger partial charge in [-0.15, -0.1) is 10.2 Å². The van der Waals surface area contributed by atoms with Crippen LogP contribution in [0.5, 0.6) is 0 Å². The smallest absolute Gasteiger partial charge is 0.230 e. The first-order valence-corrected chi connectivity index (χ1v) is 7.01. The molecule has 1 fully saturated rings. The van der Waals surface area contributed by atoms with Crippen molar-refractivity contribution in [2.24, 2.45) is 0 Å². The molecule has 1 heterocycles. The van der Waals surface area contributed by atoms with Gasteiger partial charge in [0, 0.05) is 19.7 Å². The monoisotopic (exact) mass is 270 g/mol. The van der Waals surface area contributed by atoms with Crippen LogP contribution in [0, 0.1) is 6.92 Å². The van der Waals surface area contributed by atoms with Crippen molar-refractivity contribution in [2.75, 3.05) is 26.0 Å². The van der Waals surface area contributed by atoms with Gasteiger partial charge in [-0.05, 0) is 19.8 Å². The van der Waals surface area contributed by atoms with Crippen LogP contribution in [0.1, 0.15) is 24.7 Å². The van der Waals surface area contributed by atoms with Crippen LogP contribution in [-0.2, 0) is 9.53 Å². The van der Waals surface area contributed by atoms with Crippen LogP contribution in [-0.4, -0.2) is 46.7 Å². The molecular weight excluding hydrogens is 252 g/mol. The molecule has 1 amide bonds. The molecule has 0 saturated heterocycles. The molecule has 1 saturated carbocycles. The molecule has 0 unspecified atom stereocenters. The zero-order valence-electron chi connectivity index (χ0n) is 10.7. The Kier molecular flexibility index (Phi) is 4.60. The summed E-state index contributed by atoms with van der Waals surface area (Å²) in [6.45, 7) is 3.03. The van der Waals surface area contributed by atoms with E-state index in [0.29, 0.717) is 24.9 Å². The van der Waals surface area contributed by atoms with Gasteiger partial charge >= 0.3 is 0 Å². The van der Waals surface area contributed by atoms with Gasteiger partial charge in [-0.25, -0.2) is 0 Å². The predicted molar refractivity (Wildman–Crippen MR) is 68.6 cm³/mol. The van der Waals surface area contributed by atoms with E-state index >= 15 is 0 Å². The Morgan fingerprint density at radius 3 is 3.00 bits per heavy atom. The maximum atomic E-state index is 11.5. The molecule has 2 rings (SSSR count). The van der Waals surface area contributed by atoms with Crippen LogP contribution in [0.25, 0.3) is 0 Å². The maximum Gasteiger partial charge on any atom is 0.230 e. The molecular formula is C11H18N4O2S. The Bertz CT molecular complexity index is 417. The minimum atomic E-state index is 0.0000463. The van der Waals surface area contributed by atoms with Crippen molar-refractivity contribution in [2.45, 2.75) is 31.0 Å². The summed E-state index contributed by atoms with van der Waals surface area (Å²) < 4.78 is 7.00. The van der Waals surface area contributed by atoms with Crippen molar-refractivity contribution >= 4 is 17.7 Å². The molecule has 1 aromatic heterocycles. The Morgan fingerprint density at radius 1 is 1.56 bits per heavy atom. The molecule has 0 radical (unpaired) electrons. The van der Waals surface area contributed by atoms with E-state index < -0.39 is 0 Å².